The van der Waals surface area contributed by atoms with Gasteiger partial charge in [-0.15, -0.1) is 10.2 Å². The maximum absolute atomic E-state index is 13.6. The summed E-state index contributed by atoms with van der Waals surface area (Å²) in [5.41, 5.74) is 1.89. The first-order valence-electron chi connectivity index (χ1n) is 16.2. The summed E-state index contributed by atoms with van der Waals surface area (Å²) in [6.45, 7) is 14.4. The predicted octanol–water partition coefficient (Wildman–Crippen LogP) is 4.81. The number of anilines is 2. The third-order valence-corrected chi connectivity index (χ3v) is 8.36. The normalized spacial score (nSPS) is 15.6. The number of aromatic nitrogens is 3. The maximum atomic E-state index is 13.6. The molecule has 1 aromatic heterocycles. The zero-order valence-electron chi connectivity index (χ0n) is 30.0. The Hall–Kier alpha value is -4.70. The number of sulfonamides is 1. The summed E-state index contributed by atoms with van der Waals surface area (Å²) in [5.74, 6) is -0.690. The van der Waals surface area contributed by atoms with Gasteiger partial charge in [0.2, 0.25) is 10.0 Å². The number of hydroxylamine groups is 2. The standard InChI is InChI=1S/C34H47N7O8S/c1-21-12-13-23(30(42)36-25-16-24(33(2,3)4)17-26(29(25)47-8)38-50(9,45)46)15-28(21)41-20-27(37-39-41)31(43)35-18-22-11-10-14-40(19-22)49-32(44)48-34(5,6)7/h12-13,15-17,20,22,38H,10-11,14,18-19H2,1-9H3,(H,35,43)(H,36,42). The number of nitrogens with one attached hydrogen (secondary N) is 3. The monoisotopic (exact) mass is 713 g/mol. The Morgan fingerprint density at radius 3 is 2.36 bits per heavy atom. The number of carbonyl (C=O) groups excluding carboxylic acids is 3. The van der Waals surface area contributed by atoms with Gasteiger partial charge in [-0.2, -0.15) is 0 Å². The molecule has 0 bridgehead atoms. The van der Waals surface area contributed by atoms with Crippen LogP contribution in [0.15, 0.2) is 36.5 Å². The molecule has 1 atom stereocenters. The molecule has 0 saturated carbocycles. The maximum Gasteiger partial charge on any atom is 0.528 e. The molecule has 2 amide bonds. The molecule has 1 saturated heterocycles. The van der Waals surface area contributed by atoms with Gasteiger partial charge < -0.3 is 24.9 Å². The van der Waals surface area contributed by atoms with Gasteiger partial charge in [0, 0.05) is 25.2 Å². The molecule has 1 aliphatic heterocycles. The van der Waals surface area contributed by atoms with Gasteiger partial charge in [-0.3, -0.25) is 14.3 Å². The molecule has 15 nitrogen and oxygen atoms in total. The Morgan fingerprint density at radius 2 is 1.72 bits per heavy atom. The lowest BCUT2D eigenvalue weighted by Crippen LogP contribution is -2.42. The van der Waals surface area contributed by atoms with Crippen molar-refractivity contribution in [3.05, 3.63) is 58.9 Å². The zero-order valence-corrected chi connectivity index (χ0v) is 30.9. The number of hydrogen-bond donors (Lipinski definition) is 3. The summed E-state index contributed by atoms with van der Waals surface area (Å²) in [6.07, 6.45) is 3.39. The quantitative estimate of drug-likeness (QED) is 0.245. The molecule has 0 spiro atoms. The number of methoxy groups -OCH3 is 1. The molecule has 1 fully saturated rings. The van der Waals surface area contributed by atoms with E-state index in [1.54, 1.807) is 56.2 Å². The average molecular weight is 714 g/mol. The highest BCUT2D eigenvalue weighted by Gasteiger charge is 2.27. The van der Waals surface area contributed by atoms with Gasteiger partial charge in [-0.1, -0.05) is 32.1 Å². The number of rotatable bonds is 10. The Balaban J connectivity index is 1.46. The third-order valence-electron chi connectivity index (χ3n) is 7.77. The minimum atomic E-state index is -3.64. The summed E-state index contributed by atoms with van der Waals surface area (Å²) in [4.78, 5) is 44.0. The van der Waals surface area contributed by atoms with Crippen molar-refractivity contribution in [3.63, 3.8) is 0 Å². The molecule has 1 unspecified atom stereocenters. The van der Waals surface area contributed by atoms with Crippen LogP contribution >= 0.6 is 0 Å². The van der Waals surface area contributed by atoms with Crippen molar-refractivity contribution in [3.8, 4) is 11.4 Å². The number of nitrogens with zero attached hydrogens (tertiary/aromatic N) is 4. The van der Waals surface area contributed by atoms with Gasteiger partial charge in [-0.05, 0) is 87.3 Å². The van der Waals surface area contributed by atoms with E-state index in [-0.39, 0.29) is 39.7 Å². The van der Waals surface area contributed by atoms with Gasteiger partial charge in [0.15, 0.2) is 11.4 Å². The van der Waals surface area contributed by atoms with Crippen molar-refractivity contribution < 1.29 is 37.1 Å². The van der Waals surface area contributed by atoms with Gasteiger partial charge in [0.25, 0.3) is 11.8 Å². The molecule has 2 heterocycles. The first-order chi connectivity index (χ1) is 23.2. The highest BCUT2D eigenvalue weighted by atomic mass is 32.2. The van der Waals surface area contributed by atoms with E-state index in [1.807, 2.05) is 27.7 Å². The number of aryl methyl sites for hydroxylation is 1. The van der Waals surface area contributed by atoms with E-state index in [0.29, 0.717) is 25.3 Å². The van der Waals surface area contributed by atoms with Crippen LogP contribution in [-0.4, -0.2) is 85.0 Å². The van der Waals surface area contributed by atoms with E-state index >= 15 is 0 Å². The van der Waals surface area contributed by atoms with Crippen molar-refractivity contribution in [2.24, 2.45) is 5.92 Å². The number of carbonyl (C=O) groups is 3. The Kier molecular flexibility index (Phi) is 11.5. The van der Waals surface area contributed by atoms with Crippen molar-refractivity contribution >= 4 is 39.4 Å². The summed E-state index contributed by atoms with van der Waals surface area (Å²) in [6, 6.07) is 8.45. The van der Waals surface area contributed by atoms with Crippen LogP contribution in [0.25, 0.3) is 5.69 Å². The van der Waals surface area contributed by atoms with Crippen molar-refractivity contribution in [1.82, 2.24) is 25.4 Å². The summed E-state index contributed by atoms with van der Waals surface area (Å²) in [5, 5.41) is 15.5. The number of piperidine rings is 1. The first kappa shape index (κ1) is 38.1. The molecule has 272 valence electrons. The topological polar surface area (TPSA) is 183 Å². The molecule has 0 aliphatic carbocycles. The number of benzene rings is 2. The molecule has 50 heavy (non-hydrogen) atoms. The average Bonchev–Trinajstić information content (AvgIpc) is 3.48. The second-order valence-corrected chi connectivity index (χ2v) is 16.1. The smallest absolute Gasteiger partial charge is 0.492 e. The predicted molar refractivity (Wildman–Crippen MR) is 188 cm³/mol. The van der Waals surface area contributed by atoms with Gasteiger partial charge >= 0.3 is 6.16 Å². The van der Waals surface area contributed by atoms with E-state index in [1.165, 1.54) is 18.0 Å². The lowest BCUT2D eigenvalue weighted by Gasteiger charge is -2.31. The first-order valence-corrected chi connectivity index (χ1v) is 18.1. The van der Waals surface area contributed by atoms with E-state index in [0.717, 1.165) is 30.2 Å². The lowest BCUT2D eigenvalue weighted by molar-refractivity contribution is -0.158. The Morgan fingerprint density at radius 1 is 1.02 bits per heavy atom. The van der Waals surface area contributed by atoms with Crippen LogP contribution in [0, 0.1) is 12.8 Å². The van der Waals surface area contributed by atoms with Crippen molar-refractivity contribution in [1.29, 1.82) is 0 Å². The van der Waals surface area contributed by atoms with Crippen LogP contribution in [0.5, 0.6) is 5.75 Å². The third kappa shape index (κ3) is 10.4. The van der Waals surface area contributed by atoms with Gasteiger partial charge in [-0.25, -0.2) is 17.9 Å². The van der Waals surface area contributed by atoms with Crippen LogP contribution in [-0.2, 0) is 25.0 Å². The summed E-state index contributed by atoms with van der Waals surface area (Å²) < 4.78 is 38.9. The molecule has 2 aromatic carbocycles. The van der Waals surface area contributed by atoms with Gasteiger partial charge in [0.1, 0.15) is 5.60 Å². The minimum Gasteiger partial charge on any atom is -0.492 e. The molecule has 1 aliphatic rings. The fourth-order valence-electron chi connectivity index (χ4n) is 5.31. The highest BCUT2D eigenvalue weighted by molar-refractivity contribution is 7.92. The van der Waals surface area contributed by atoms with E-state index in [4.69, 9.17) is 14.3 Å². The molecular formula is C34H47N7O8S. The van der Waals surface area contributed by atoms with Crippen LogP contribution in [0.1, 0.15) is 86.4 Å². The second kappa shape index (κ2) is 15.0. The van der Waals surface area contributed by atoms with Crippen LogP contribution in [0.2, 0.25) is 0 Å². The second-order valence-electron chi connectivity index (χ2n) is 14.4. The van der Waals surface area contributed by atoms with E-state index in [9.17, 15) is 22.8 Å². The van der Waals surface area contributed by atoms with Crippen molar-refractivity contribution in [2.75, 3.05) is 43.0 Å². The fraction of sp³-hybridized carbons (Fsp3) is 0.500. The van der Waals surface area contributed by atoms with Crippen LogP contribution < -0.4 is 20.1 Å². The summed E-state index contributed by atoms with van der Waals surface area (Å²) >= 11 is 0. The SMILES string of the molecule is COc1c(NC(=O)c2ccc(C)c(-n3cc(C(=O)NCC4CCCN(OC(=O)OC(C)(C)C)C4)nn3)c2)cc(C(C)(C)C)cc1NS(C)(=O)=O. The molecule has 3 N–H and O–H groups in total. The molecular weight excluding hydrogens is 666 g/mol. The minimum absolute atomic E-state index is 0.0450. The van der Waals surface area contributed by atoms with E-state index in [2.05, 4.69) is 25.7 Å². The number of ether oxygens (including phenoxy) is 2. The van der Waals surface area contributed by atoms with Crippen LogP contribution in [0.4, 0.5) is 16.2 Å². The number of hydrogen-bond acceptors (Lipinski definition) is 11. The van der Waals surface area contributed by atoms with E-state index < -0.39 is 33.6 Å². The molecule has 3 aromatic rings. The Labute approximate surface area is 293 Å². The Bertz CT molecular complexity index is 1840. The van der Waals surface area contributed by atoms with Crippen LogP contribution in [0.3, 0.4) is 0 Å². The zero-order chi connectivity index (χ0) is 37.0. The van der Waals surface area contributed by atoms with Crippen molar-refractivity contribution in [2.45, 2.75) is 72.3 Å². The fourth-order valence-corrected chi connectivity index (χ4v) is 5.86. The van der Waals surface area contributed by atoms with Gasteiger partial charge in [0.05, 0.1) is 36.6 Å². The summed E-state index contributed by atoms with van der Waals surface area (Å²) in [7, 11) is -2.25. The molecule has 0 radical (unpaired) electrons. The largest absolute Gasteiger partial charge is 0.528 e. The number of amides is 2. The molecule has 16 heteroatoms. The highest BCUT2D eigenvalue weighted by Crippen LogP contribution is 2.39. The molecule has 4 rings (SSSR count). The lowest BCUT2D eigenvalue weighted by atomic mass is 9.86.